The van der Waals surface area contributed by atoms with Gasteiger partial charge in [0.1, 0.15) is 34.9 Å². The highest BCUT2D eigenvalue weighted by molar-refractivity contribution is 5.67. The normalized spacial score (nSPS) is 10.2. The Balaban J connectivity index is 2.67. The summed E-state index contributed by atoms with van der Waals surface area (Å²) in [6.07, 6.45) is 0. The van der Waals surface area contributed by atoms with E-state index in [1.54, 1.807) is 0 Å². The fourth-order valence-electron chi connectivity index (χ4n) is 1.69. The molecule has 20 heavy (non-hydrogen) atoms. The molecule has 102 valence electrons. The molecule has 0 fully saturated rings. The molecule has 0 aliphatic rings. The third kappa shape index (κ3) is 2.28. The Bertz CT molecular complexity index is 677. The monoisotopic (exact) mass is 285 g/mol. The molecular formula is C13H4F5NO. The maximum Gasteiger partial charge on any atom is 0.177 e. The second kappa shape index (κ2) is 5.17. The minimum Gasteiger partial charge on any atom is -0.294 e. The zero-order chi connectivity index (χ0) is 14.9. The first kappa shape index (κ1) is 13.8. The average molecular weight is 285 g/mol. The van der Waals surface area contributed by atoms with Crippen molar-refractivity contribution in [2.45, 2.75) is 0 Å². The molecule has 0 heterocycles. The van der Waals surface area contributed by atoms with Gasteiger partial charge in [-0.2, -0.15) is 5.26 Å². The van der Waals surface area contributed by atoms with Crippen molar-refractivity contribution in [1.82, 2.24) is 0 Å². The van der Waals surface area contributed by atoms with Gasteiger partial charge in [-0.1, -0.05) is 0 Å². The van der Waals surface area contributed by atoms with Crippen LogP contribution in [0, 0.1) is 34.6 Å². The van der Waals surface area contributed by atoms with Gasteiger partial charge >= 0.3 is 0 Å². The largest absolute Gasteiger partial charge is 0.294 e. The first-order valence-electron chi connectivity index (χ1n) is 5.15. The van der Waals surface area contributed by atoms with Gasteiger partial charge < -0.3 is 0 Å². The summed E-state index contributed by atoms with van der Waals surface area (Å²) >= 11 is 0. The van der Waals surface area contributed by atoms with E-state index in [9.17, 15) is 22.1 Å². The van der Waals surface area contributed by atoms with Crippen molar-refractivity contribution in [3.8, 4) is 22.9 Å². The summed E-state index contributed by atoms with van der Waals surface area (Å²) < 4.78 is 66.0. The van der Waals surface area contributed by atoms with Crippen LogP contribution in [0.1, 0.15) is 5.56 Å². The van der Waals surface area contributed by atoms with Crippen LogP contribution in [0.25, 0.3) is 11.1 Å². The SMILES string of the molecule is N#Cc1c(F)cc(-c2c(F)cc(OF)cc2F)cc1F. The summed E-state index contributed by atoms with van der Waals surface area (Å²) in [6, 6.07) is 3.54. The van der Waals surface area contributed by atoms with E-state index < -0.39 is 45.7 Å². The molecule has 0 saturated carbocycles. The van der Waals surface area contributed by atoms with Crippen molar-refractivity contribution in [2.75, 3.05) is 0 Å². The Kier molecular flexibility index (Phi) is 3.57. The van der Waals surface area contributed by atoms with Crippen LogP contribution in [0.5, 0.6) is 5.75 Å². The summed E-state index contributed by atoms with van der Waals surface area (Å²) in [4.78, 5) is 3.18. The Morgan fingerprint density at radius 3 is 1.75 bits per heavy atom. The highest BCUT2D eigenvalue weighted by atomic mass is 19.3. The lowest BCUT2D eigenvalue weighted by atomic mass is 10.0. The molecule has 7 heteroatoms. The lowest BCUT2D eigenvalue weighted by Crippen LogP contribution is -1.96. The molecule has 0 N–H and O–H groups in total. The number of nitriles is 1. The molecule has 0 unspecified atom stereocenters. The molecule has 0 amide bonds. The van der Waals surface area contributed by atoms with E-state index in [0.717, 1.165) is 0 Å². The molecule has 0 bridgehead atoms. The molecule has 0 radical (unpaired) electrons. The topological polar surface area (TPSA) is 33.0 Å². The summed E-state index contributed by atoms with van der Waals surface area (Å²) in [5.74, 6) is -5.76. The quantitative estimate of drug-likeness (QED) is 0.780. The molecule has 0 aliphatic carbocycles. The van der Waals surface area contributed by atoms with Crippen molar-refractivity contribution >= 4 is 0 Å². The molecule has 0 spiro atoms. The third-order valence-electron chi connectivity index (χ3n) is 2.55. The lowest BCUT2D eigenvalue weighted by molar-refractivity contribution is -0.00688. The van der Waals surface area contributed by atoms with Gasteiger partial charge in [0.15, 0.2) is 5.75 Å². The van der Waals surface area contributed by atoms with Gasteiger partial charge in [-0.25, -0.2) is 17.6 Å². The van der Waals surface area contributed by atoms with Crippen LogP contribution in [0.2, 0.25) is 0 Å². The molecule has 0 saturated heterocycles. The lowest BCUT2D eigenvalue weighted by Gasteiger charge is -2.07. The van der Waals surface area contributed by atoms with Gasteiger partial charge in [-0.3, -0.25) is 4.94 Å². The predicted molar refractivity (Wildman–Crippen MR) is 58.2 cm³/mol. The Morgan fingerprint density at radius 1 is 0.850 bits per heavy atom. The van der Waals surface area contributed by atoms with Crippen LogP contribution < -0.4 is 4.94 Å². The Hall–Kier alpha value is -2.62. The van der Waals surface area contributed by atoms with E-state index in [2.05, 4.69) is 4.94 Å². The van der Waals surface area contributed by atoms with Gasteiger partial charge in [-0.05, 0) is 17.7 Å². The van der Waals surface area contributed by atoms with Crippen LogP contribution in [-0.2, 0) is 0 Å². The fraction of sp³-hybridized carbons (Fsp3) is 0. The zero-order valence-electron chi connectivity index (χ0n) is 9.55. The average Bonchev–Trinajstić information content (AvgIpc) is 2.37. The number of nitrogens with zero attached hydrogens (tertiary/aromatic N) is 1. The van der Waals surface area contributed by atoms with Crippen LogP contribution in [0.15, 0.2) is 24.3 Å². The maximum absolute atomic E-state index is 13.6. The smallest absolute Gasteiger partial charge is 0.177 e. The van der Waals surface area contributed by atoms with Crippen LogP contribution in [0.3, 0.4) is 0 Å². The highest BCUT2D eigenvalue weighted by Gasteiger charge is 2.18. The van der Waals surface area contributed by atoms with E-state index in [1.165, 1.54) is 6.07 Å². The Morgan fingerprint density at radius 2 is 1.35 bits per heavy atom. The van der Waals surface area contributed by atoms with Crippen molar-refractivity contribution in [3.63, 3.8) is 0 Å². The second-order valence-electron chi connectivity index (χ2n) is 3.77. The predicted octanol–water partition coefficient (Wildman–Crippen LogP) is 4.04. The van der Waals surface area contributed by atoms with Crippen LogP contribution in [0.4, 0.5) is 22.1 Å². The standard InChI is InChI=1S/C13H4F5NO/c14-9-1-6(2-10(15)8(9)5-19)13-11(16)3-7(20-18)4-12(13)17/h1-4H. The van der Waals surface area contributed by atoms with E-state index in [-0.39, 0.29) is 0 Å². The molecular weight excluding hydrogens is 281 g/mol. The molecule has 0 atom stereocenters. The van der Waals surface area contributed by atoms with E-state index in [4.69, 9.17) is 5.26 Å². The molecule has 2 rings (SSSR count). The number of benzene rings is 2. The van der Waals surface area contributed by atoms with Crippen molar-refractivity contribution in [3.05, 3.63) is 53.1 Å². The van der Waals surface area contributed by atoms with E-state index >= 15 is 0 Å². The van der Waals surface area contributed by atoms with E-state index in [0.29, 0.717) is 24.3 Å². The number of hydrogen-bond donors (Lipinski definition) is 0. The molecule has 0 aliphatic heterocycles. The highest BCUT2D eigenvalue weighted by Crippen LogP contribution is 2.31. The van der Waals surface area contributed by atoms with Crippen LogP contribution in [-0.4, -0.2) is 0 Å². The van der Waals surface area contributed by atoms with Crippen molar-refractivity contribution in [1.29, 1.82) is 5.26 Å². The summed E-state index contributed by atoms with van der Waals surface area (Å²) in [5.41, 5.74) is -2.08. The first-order valence-corrected chi connectivity index (χ1v) is 5.15. The minimum absolute atomic E-state index is 0.459. The minimum atomic E-state index is -1.26. The second-order valence-corrected chi connectivity index (χ2v) is 3.77. The third-order valence-corrected chi connectivity index (χ3v) is 2.55. The van der Waals surface area contributed by atoms with Gasteiger partial charge in [0.05, 0.1) is 5.56 Å². The number of halogens is 5. The maximum atomic E-state index is 13.6. The van der Waals surface area contributed by atoms with Gasteiger partial charge in [0, 0.05) is 16.7 Å². The number of hydrogen-bond acceptors (Lipinski definition) is 2. The van der Waals surface area contributed by atoms with Crippen LogP contribution >= 0.6 is 0 Å². The van der Waals surface area contributed by atoms with Crippen molar-refractivity contribution in [2.24, 2.45) is 0 Å². The first-order chi connectivity index (χ1) is 9.47. The zero-order valence-corrected chi connectivity index (χ0v) is 9.55. The summed E-state index contributed by atoms with van der Waals surface area (Å²) in [7, 11) is 0. The van der Waals surface area contributed by atoms with Crippen molar-refractivity contribution < 1.29 is 27.0 Å². The van der Waals surface area contributed by atoms with Gasteiger partial charge in [-0.15, -0.1) is 0 Å². The van der Waals surface area contributed by atoms with Gasteiger partial charge in [0.2, 0.25) is 0 Å². The molecule has 2 nitrogen and oxygen atoms in total. The Labute approximate surface area is 109 Å². The fourth-order valence-corrected chi connectivity index (χ4v) is 1.69. The summed E-state index contributed by atoms with van der Waals surface area (Å²) in [6.45, 7) is 0. The summed E-state index contributed by atoms with van der Waals surface area (Å²) in [5, 5.41) is 8.50. The number of rotatable bonds is 2. The van der Waals surface area contributed by atoms with E-state index in [1.807, 2.05) is 0 Å². The molecule has 2 aromatic carbocycles. The molecule has 0 aromatic heterocycles. The molecule has 2 aromatic rings. The van der Waals surface area contributed by atoms with Gasteiger partial charge in [0.25, 0.3) is 0 Å².